The topological polar surface area (TPSA) is 252 Å². The van der Waals surface area contributed by atoms with Gasteiger partial charge in [0.2, 0.25) is 23.8 Å². The van der Waals surface area contributed by atoms with Crippen molar-refractivity contribution in [3.05, 3.63) is 336 Å². The molecule has 135 heavy (non-hydrogen) atoms. The van der Waals surface area contributed by atoms with E-state index in [1.807, 2.05) is 135 Å². The highest BCUT2D eigenvalue weighted by atomic mass is 19.2. The van der Waals surface area contributed by atoms with Gasteiger partial charge in [0.25, 0.3) is 0 Å². The van der Waals surface area contributed by atoms with Crippen molar-refractivity contribution in [3.63, 3.8) is 0 Å². The molecule has 0 saturated carbocycles. The number of benzene rings is 6. The van der Waals surface area contributed by atoms with Gasteiger partial charge >= 0.3 is 0 Å². The predicted octanol–water partition coefficient (Wildman–Crippen LogP) is 18.9. The van der Waals surface area contributed by atoms with E-state index >= 15 is 0 Å². The van der Waals surface area contributed by atoms with Crippen LogP contribution in [0.1, 0.15) is 39.8 Å². The zero-order chi connectivity index (χ0) is 94.8. The molecule has 0 aliphatic heterocycles. The van der Waals surface area contributed by atoms with Gasteiger partial charge in [0.15, 0.2) is 11.6 Å². The molecule has 34 heteroatoms. The van der Waals surface area contributed by atoms with Crippen LogP contribution in [0.2, 0.25) is 0 Å². The third-order valence-electron chi connectivity index (χ3n) is 21.1. The van der Waals surface area contributed by atoms with Crippen molar-refractivity contribution < 1.29 is 44.6 Å². The summed E-state index contributed by atoms with van der Waals surface area (Å²) in [5.74, 6) is -2.45. The van der Waals surface area contributed by atoms with Gasteiger partial charge in [-0.25, -0.2) is 94.9 Å². The molecule has 0 spiro atoms. The van der Waals surface area contributed by atoms with Crippen LogP contribution in [0.4, 0.5) is 58.9 Å². The second kappa shape index (κ2) is 43.9. The first kappa shape index (κ1) is 94.4. The minimum atomic E-state index is -0.910. The first-order valence-corrected chi connectivity index (χ1v) is 43.2. The average Bonchev–Trinajstić information content (AvgIpc) is 1.63. The van der Waals surface area contributed by atoms with Crippen molar-refractivity contribution in [2.45, 2.75) is 45.7 Å². The zero-order valence-corrected chi connectivity index (χ0v) is 75.8. The van der Waals surface area contributed by atoms with Crippen molar-refractivity contribution in [1.29, 1.82) is 0 Å². The molecule has 12 aromatic heterocycles. The minimum Gasteiger partial charge on any atom is -0.385 e. The lowest BCUT2D eigenvalue weighted by atomic mass is 10.1. The Morgan fingerprint density at radius 3 is 0.904 bits per heavy atom. The molecule has 0 bridgehead atoms. The fourth-order valence-corrected chi connectivity index (χ4v) is 15.1. The summed E-state index contributed by atoms with van der Waals surface area (Å²) in [6.45, 7) is 5.90. The molecular weight excluding hydrogens is 1730 g/mol. The molecule has 12 heterocycles. The van der Waals surface area contributed by atoms with Crippen LogP contribution in [-0.2, 0) is 48.7 Å². The molecule has 0 aliphatic carbocycles. The molecule has 0 saturated heterocycles. The Labute approximate surface area is 774 Å². The fraction of sp³-hybridized carbons (Fsp3) is 0.208. The highest BCUT2D eigenvalue weighted by Gasteiger charge is 2.25. The lowest BCUT2D eigenvalue weighted by molar-refractivity contribution is 0.197. The van der Waals surface area contributed by atoms with Gasteiger partial charge in [-0.1, -0.05) is 6.07 Å². The Kier molecular flexibility index (Phi) is 30.7. The number of ether oxygens (including phenoxy) is 2. The van der Waals surface area contributed by atoms with Crippen LogP contribution < -0.4 is 21.3 Å². The summed E-state index contributed by atoms with van der Waals surface area (Å²) < 4.78 is 127. The quantitative estimate of drug-likeness (QED) is 0.0233. The van der Waals surface area contributed by atoms with E-state index in [0.29, 0.717) is 78.2 Å². The molecule has 0 aliphatic rings. The summed E-state index contributed by atoms with van der Waals surface area (Å²) in [6, 6.07) is 55.6. The van der Waals surface area contributed by atoms with Crippen molar-refractivity contribution in [2.24, 2.45) is 0 Å². The van der Waals surface area contributed by atoms with E-state index in [1.54, 1.807) is 99.7 Å². The molecule has 18 rings (SSSR count). The van der Waals surface area contributed by atoms with Crippen LogP contribution >= 0.6 is 0 Å². The van der Waals surface area contributed by atoms with E-state index < -0.39 is 23.3 Å². The van der Waals surface area contributed by atoms with Crippen LogP contribution in [0.5, 0.6) is 0 Å². The van der Waals surface area contributed by atoms with Crippen LogP contribution in [0.25, 0.3) is 113 Å². The SMILES string of the molecule is CN(C)Cc1ccn2c(-c3ccnc(NCc4cc(F)ccc4F)n3)c(-c3ccc(F)cc3)nc2c1.CN(C)Cc1ccn2c(-c3ccnc(NCc4ccc(F)c(F)c4)n3)c(-c3ccc(F)cc3)nc2c1.COCCCNc1nccc(-c2c(-c3ccc(F)cc3)nc3cc(CN(C)C)ccn23)n1.COCCNc1nccc(-c2c(-c3ccc(F)cc3)nc3cc(CN(C)C)ccn23)n1. The summed E-state index contributed by atoms with van der Waals surface area (Å²) in [4.78, 5) is 63.7. The van der Waals surface area contributed by atoms with E-state index in [1.165, 1.54) is 54.6 Å². The lowest BCUT2D eigenvalue weighted by Crippen LogP contribution is -2.11. The average molecular weight is 1830 g/mol. The van der Waals surface area contributed by atoms with Crippen molar-refractivity contribution >= 4 is 46.4 Å². The number of anilines is 4. The molecule has 0 atom stereocenters. The normalized spacial score (nSPS) is 11.4. The maximum Gasteiger partial charge on any atom is 0.223 e. The fourth-order valence-electron chi connectivity index (χ4n) is 15.1. The minimum absolute atomic E-state index is 0.0128. The number of nitrogens with one attached hydrogen (secondary N) is 4. The highest BCUT2D eigenvalue weighted by Crippen LogP contribution is 2.39. The van der Waals surface area contributed by atoms with Gasteiger partial charge in [0, 0.05) is 151 Å². The lowest BCUT2D eigenvalue weighted by Gasteiger charge is -2.11. The number of methoxy groups -OCH3 is 2. The number of hydrogen-bond donors (Lipinski definition) is 4. The van der Waals surface area contributed by atoms with Crippen LogP contribution in [-0.4, -0.2) is 194 Å². The number of nitrogens with zero attached hydrogens (tertiary/aromatic N) is 20. The molecule has 0 unspecified atom stereocenters. The first-order valence-electron chi connectivity index (χ1n) is 43.2. The standard InChI is InChI=1S/2C27H23F3N6.C24H27FN6O.C23H25FN6O/c1-35(2)16-18-10-12-36-24(14-18)34-25(19-4-6-20(28)7-5-19)26(36)23-9-11-31-27(33-23)32-15-17-3-8-21(29)22(30)13-17;1-35(2)16-17-10-12-36-24(13-17)34-25(18-3-5-20(28)6-4-18)26(36)23-9-11-31-27(33-23)32-15-19-14-21(29)7-8-22(19)30;1-30(2)16-17-10-13-31-21(15-17)29-22(18-5-7-19(25)8-6-18)23(31)20-9-12-27-24(28-20)26-11-4-14-32-3;1-29(2)15-16-9-12-30-20(14-16)28-21(17-4-6-18(24)7-5-17)22(30)19-8-10-25-23(27-19)26-11-13-31-3/h2*3-14H,15-16H2,1-2H3,(H,31,32,33);5-10,12-13,15H,4,11,14,16H2,1-3H3,(H,26,27,28);4-10,12,14H,11,13,15H2,1-3H3,(H,25,26,27). The molecule has 690 valence electrons. The third kappa shape index (κ3) is 24.0. The van der Waals surface area contributed by atoms with E-state index in [-0.39, 0.29) is 47.9 Å². The van der Waals surface area contributed by atoms with Crippen LogP contribution in [0.3, 0.4) is 0 Å². The van der Waals surface area contributed by atoms with Crippen molar-refractivity contribution in [1.82, 2.24) is 97.0 Å². The second-order valence-electron chi connectivity index (χ2n) is 32.7. The van der Waals surface area contributed by atoms with E-state index in [4.69, 9.17) is 39.4 Å². The predicted molar refractivity (Wildman–Crippen MR) is 509 cm³/mol. The van der Waals surface area contributed by atoms with E-state index in [9.17, 15) is 35.1 Å². The summed E-state index contributed by atoms with van der Waals surface area (Å²) in [5.41, 5.74) is 19.9. The Bertz CT molecular complexity index is 7100. The number of hydrogen-bond acceptors (Lipinski definition) is 22. The molecule has 18 aromatic rings. The Balaban J connectivity index is 0.000000137. The van der Waals surface area contributed by atoms with Gasteiger partial charge in [-0.05, 0) is 291 Å². The maximum absolute atomic E-state index is 14.0. The van der Waals surface area contributed by atoms with Gasteiger partial charge in [-0.15, -0.1) is 0 Å². The number of rotatable bonds is 31. The first-order chi connectivity index (χ1) is 65.3. The largest absolute Gasteiger partial charge is 0.385 e. The monoisotopic (exact) mass is 1830 g/mol. The van der Waals surface area contributed by atoms with Gasteiger partial charge in [0.05, 0.1) is 74.9 Å². The maximum atomic E-state index is 14.0. The zero-order valence-electron chi connectivity index (χ0n) is 75.8. The van der Waals surface area contributed by atoms with Crippen LogP contribution in [0, 0.1) is 46.5 Å². The molecule has 0 amide bonds. The van der Waals surface area contributed by atoms with E-state index in [2.05, 4.69) is 95.0 Å². The smallest absolute Gasteiger partial charge is 0.223 e. The van der Waals surface area contributed by atoms with Crippen molar-refractivity contribution in [3.8, 4) is 90.6 Å². The number of halogens is 8. The van der Waals surface area contributed by atoms with Crippen molar-refractivity contribution in [2.75, 3.05) is 118 Å². The van der Waals surface area contributed by atoms with E-state index in [0.717, 1.165) is 170 Å². The van der Waals surface area contributed by atoms with Gasteiger partial charge < -0.3 is 50.3 Å². The Morgan fingerprint density at radius 2 is 0.585 bits per heavy atom. The molecule has 26 nitrogen and oxygen atoms in total. The summed E-state index contributed by atoms with van der Waals surface area (Å²) in [7, 11) is 19.5. The second-order valence-corrected chi connectivity index (χ2v) is 32.7. The Morgan fingerprint density at radius 1 is 0.281 bits per heavy atom. The molecule has 0 radical (unpaired) electrons. The van der Waals surface area contributed by atoms with Gasteiger partial charge in [-0.3, -0.25) is 17.6 Å². The number of imidazole rings is 4. The highest BCUT2D eigenvalue weighted by molar-refractivity contribution is 5.85. The number of pyridine rings is 4. The Hall–Kier alpha value is -15.2. The molecule has 0 fully saturated rings. The summed E-state index contributed by atoms with van der Waals surface area (Å²) >= 11 is 0. The van der Waals surface area contributed by atoms with Gasteiger partial charge in [-0.2, -0.15) is 0 Å². The molecular formula is C101H98F8N24O2. The number of fused-ring (bicyclic) bond motifs is 4. The molecule has 6 aromatic carbocycles. The molecule has 4 N–H and O–H groups in total. The van der Waals surface area contributed by atoms with Crippen LogP contribution in [0.15, 0.2) is 256 Å². The summed E-state index contributed by atoms with van der Waals surface area (Å²) in [5, 5.41) is 12.4. The summed E-state index contributed by atoms with van der Waals surface area (Å²) in [6.07, 6.45) is 15.4. The third-order valence-corrected chi connectivity index (χ3v) is 21.1. The van der Waals surface area contributed by atoms with Gasteiger partial charge in [0.1, 0.15) is 57.5 Å². The number of aromatic nitrogens is 16.